The van der Waals surface area contributed by atoms with E-state index in [-0.39, 0.29) is 12.8 Å². The van der Waals surface area contributed by atoms with Crippen molar-refractivity contribution in [2.45, 2.75) is 274 Å². The van der Waals surface area contributed by atoms with Gasteiger partial charge in [-0.3, -0.25) is 13.8 Å². The number of aliphatic hydroxyl groups is 7. The van der Waals surface area contributed by atoms with Gasteiger partial charge in [-0.2, -0.15) is 0 Å². The van der Waals surface area contributed by atoms with Crippen molar-refractivity contribution in [1.29, 1.82) is 0 Å². The van der Waals surface area contributed by atoms with E-state index in [1.54, 1.807) is 0 Å². The molecule has 13 nitrogen and oxygen atoms in total. The molecule has 0 saturated heterocycles. The normalized spacial score (nSPS) is 23.5. The van der Waals surface area contributed by atoms with Crippen molar-refractivity contribution >= 4 is 13.7 Å². The second kappa shape index (κ2) is 35.7. The lowest BCUT2D eigenvalue weighted by Crippen LogP contribution is -2.64. The highest BCUT2D eigenvalue weighted by molar-refractivity contribution is 7.47. The molecule has 352 valence electrons. The monoisotopic (exact) mass is 868 g/mol. The van der Waals surface area contributed by atoms with Crippen molar-refractivity contribution in [3.63, 3.8) is 0 Å². The van der Waals surface area contributed by atoms with Crippen LogP contribution < -0.4 is 5.32 Å². The van der Waals surface area contributed by atoms with Gasteiger partial charge in [-0.25, -0.2) is 4.57 Å². The lowest BCUT2D eigenvalue weighted by atomic mass is 9.85. The summed E-state index contributed by atoms with van der Waals surface area (Å²) in [6.45, 7) is 3.58. The molecule has 1 amide bonds. The van der Waals surface area contributed by atoms with Crippen molar-refractivity contribution in [3.8, 4) is 0 Å². The maximum atomic E-state index is 12.8. The predicted molar refractivity (Wildman–Crippen MR) is 234 cm³/mol. The van der Waals surface area contributed by atoms with Crippen LogP contribution in [0.5, 0.6) is 0 Å². The number of nitrogens with one attached hydrogen (secondary N) is 1. The largest absolute Gasteiger partial charge is 0.472 e. The van der Waals surface area contributed by atoms with Gasteiger partial charge in [0.1, 0.15) is 36.6 Å². The Balaban J connectivity index is 2.14. The van der Waals surface area contributed by atoms with Gasteiger partial charge in [0.15, 0.2) is 0 Å². The third-order valence-electron chi connectivity index (χ3n) is 12.0. The smallest absolute Gasteiger partial charge is 0.393 e. The molecule has 0 aromatic heterocycles. The number of phosphoric ester groups is 1. The van der Waals surface area contributed by atoms with E-state index in [1.807, 2.05) is 6.92 Å². The number of carbonyl (C=O) groups excluding carboxylic acids is 1. The number of rotatable bonds is 40. The highest BCUT2D eigenvalue weighted by Gasteiger charge is 2.51. The number of phosphoric acid groups is 1. The second-order valence-electron chi connectivity index (χ2n) is 17.5. The molecule has 8 atom stereocenters. The quantitative estimate of drug-likeness (QED) is 0.0211. The topological polar surface area (TPSA) is 226 Å². The predicted octanol–water partition coefficient (Wildman–Crippen LogP) is 8.04. The molecule has 0 spiro atoms. The van der Waals surface area contributed by atoms with E-state index in [2.05, 4.69) is 12.2 Å². The van der Waals surface area contributed by atoms with Crippen LogP contribution in [0.3, 0.4) is 0 Å². The highest BCUT2D eigenvalue weighted by atomic mass is 31.2. The molecule has 0 aromatic rings. The lowest BCUT2D eigenvalue weighted by Gasteiger charge is -2.41. The van der Waals surface area contributed by atoms with Crippen LogP contribution in [0.25, 0.3) is 0 Å². The van der Waals surface area contributed by atoms with Gasteiger partial charge in [0.05, 0.1) is 31.3 Å². The van der Waals surface area contributed by atoms with Gasteiger partial charge < -0.3 is 46.0 Å². The van der Waals surface area contributed by atoms with Crippen LogP contribution in [0, 0.1) is 0 Å². The zero-order chi connectivity index (χ0) is 43.7. The van der Waals surface area contributed by atoms with Gasteiger partial charge in [0.2, 0.25) is 5.91 Å². The van der Waals surface area contributed by atoms with Crippen LogP contribution >= 0.6 is 7.82 Å². The van der Waals surface area contributed by atoms with Crippen LogP contribution in [-0.4, -0.2) is 108 Å². The fourth-order valence-electron chi connectivity index (χ4n) is 8.01. The van der Waals surface area contributed by atoms with Gasteiger partial charge in [-0.05, 0) is 12.8 Å². The minimum Gasteiger partial charge on any atom is -0.393 e. The summed E-state index contributed by atoms with van der Waals surface area (Å²) < 4.78 is 22.6. The van der Waals surface area contributed by atoms with Gasteiger partial charge in [-0.15, -0.1) is 0 Å². The molecule has 59 heavy (non-hydrogen) atoms. The van der Waals surface area contributed by atoms with Crippen LogP contribution in [0.1, 0.15) is 219 Å². The summed E-state index contributed by atoms with van der Waals surface area (Å²) in [6.07, 6.45) is 23.2. The number of hydrogen-bond acceptors (Lipinski definition) is 11. The van der Waals surface area contributed by atoms with Crippen molar-refractivity contribution < 1.29 is 59.0 Å². The Bertz CT molecular complexity index is 1030. The van der Waals surface area contributed by atoms with Gasteiger partial charge in [-0.1, -0.05) is 200 Å². The summed E-state index contributed by atoms with van der Waals surface area (Å²) in [7, 11) is -5.09. The van der Waals surface area contributed by atoms with E-state index in [9.17, 15) is 50.0 Å². The molecule has 8 unspecified atom stereocenters. The van der Waals surface area contributed by atoms with Crippen molar-refractivity contribution in [2.75, 3.05) is 6.61 Å². The molecule has 0 heterocycles. The summed E-state index contributed by atoms with van der Waals surface area (Å²) in [5.74, 6) is -0.567. The van der Waals surface area contributed by atoms with E-state index in [0.717, 1.165) is 38.5 Å². The maximum absolute atomic E-state index is 12.8. The summed E-state index contributed by atoms with van der Waals surface area (Å²) in [5, 5.41) is 73.8. The summed E-state index contributed by atoms with van der Waals surface area (Å²) in [6, 6.07) is -1.14. The Morgan fingerprint density at radius 2 is 0.847 bits per heavy atom. The number of carbonyl (C=O) groups is 1. The number of amides is 1. The van der Waals surface area contributed by atoms with E-state index in [4.69, 9.17) is 9.05 Å². The van der Waals surface area contributed by atoms with Crippen LogP contribution in [0.2, 0.25) is 0 Å². The Kier molecular flexibility index (Phi) is 34.1. The average Bonchev–Trinajstić information content (AvgIpc) is 3.20. The van der Waals surface area contributed by atoms with Crippen molar-refractivity contribution in [3.05, 3.63) is 0 Å². The number of aliphatic hydroxyl groups excluding tert-OH is 7. The Hall–Kier alpha value is -0.700. The summed E-state index contributed by atoms with van der Waals surface area (Å²) >= 11 is 0. The Labute approximate surface area is 358 Å². The molecule has 1 rings (SSSR count). The molecule has 1 aliphatic rings. The molecular formula is C45H90NO12P. The highest BCUT2D eigenvalue weighted by Crippen LogP contribution is 2.47. The van der Waals surface area contributed by atoms with Gasteiger partial charge in [0, 0.05) is 0 Å². The molecule has 1 fully saturated rings. The molecular weight excluding hydrogens is 777 g/mol. The summed E-state index contributed by atoms with van der Waals surface area (Å²) in [4.78, 5) is 23.1. The molecule has 1 saturated carbocycles. The maximum Gasteiger partial charge on any atom is 0.472 e. The minimum absolute atomic E-state index is 0.219. The fourth-order valence-corrected chi connectivity index (χ4v) is 8.98. The number of unbranched alkanes of at least 4 members (excludes halogenated alkanes) is 27. The van der Waals surface area contributed by atoms with E-state index in [0.29, 0.717) is 12.8 Å². The second-order valence-corrected chi connectivity index (χ2v) is 18.9. The summed E-state index contributed by atoms with van der Waals surface area (Å²) in [5.41, 5.74) is 0. The minimum atomic E-state index is -5.09. The molecule has 14 heteroatoms. The van der Waals surface area contributed by atoms with E-state index < -0.39 is 75.2 Å². The van der Waals surface area contributed by atoms with E-state index >= 15 is 0 Å². The Morgan fingerprint density at radius 1 is 0.525 bits per heavy atom. The zero-order valence-corrected chi connectivity index (χ0v) is 38.1. The first-order valence-corrected chi connectivity index (χ1v) is 25.6. The first-order valence-electron chi connectivity index (χ1n) is 24.1. The lowest BCUT2D eigenvalue weighted by molar-refractivity contribution is -0.220. The van der Waals surface area contributed by atoms with Crippen molar-refractivity contribution in [1.82, 2.24) is 5.32 Å². The standard InChI is InChI=1S/C45H90NO12P/c1-3-5-7-8-9-10-11-12-13-14-15-16-17-18-19-20-21-22-23-24-25-26-27-28-29-31-32-36(47)34-39(49)46-37(38(48)33-30-6-4-2)35-57-59(55,56)58-45-43(53)41(51)40(50)42(52)44(45)54/h36-38,40-45,47-48,50-54H,3-35H2,1-2H3,(H,46,49)(H,55,56). The molecule has 0 aromatic carbocycles. The molecule has 0 radical (unpaired) electrons. The zero-order valence-electron chi connectivity index (χ0n) is 37.2. The molecule has 0 bridgehead atoms. The third kappa shape index (κ3) is 27.9. The molecule has 0 aliphatic heterocycles. The van der Waals surface area contributed by atoms with Crippen LogP contribution in [0.4, 0.5) is 0 Å². The van der Waals surface area contributed by atoms with Gasteiger partial charge in [0.25, 0.3) is 0 Å². The Morgan fingerprint density at radius 3 is 1.24 bits per heavy atom. The third-order valence-corrected chi connectivity index (χ3v) is 13.0. The first kappa shape index (κ1) is 56.3. The number of hydrogen-bond donors (Lipinski definition) is 9. The molecule has 1 aliphatic carbocycles. The molecule has 9 N–H and O–H groups in total. The van der Waals surface area contributed by atoms with Crippen LogP contribution in [0.15, 0.2) is 0 Å². The van der Waals surface area contributed by atoms with Crippen molar-refractivity contribution in [2.24, 2.45) is 0 Å². The average molecular weight is 868 g/mol. The fraction of sp³-hybridized carbons (Fsp3) is 0.978. The first-order chi connectivity index (χ1) is 28.3. The van der Waals surface area contributed by atoms with Gasteiger partial charge >= 0.3 is 7.82 Å². The SMILES string of the molecule is CCCCCCCCCCCCCCCCCCCCCCCCCCCCC(O)CC(=O)NC(COP(=O)(O)OC1C(O)C(O)C(O)C(O)C1O)C(O)CCCCC. The van der Waals surface area contributed by atoms with E-state index in [1.165, 1.54) is 141 Å². The van der Waals surface area contributed by atoms with Crippen LogP contribution in [-0.2, 0) is 18.4 Å².